The van der Waals surface area contributed by atoms with Crippen LogP contribution in [-0.4, -0.2) is 68.2 Å². The molecule has 10 heteroatoms. The Morgan fingerprint density at radius 3 is 2.28 bits per heavy atom. The molecule has 5 atom stereocenters. The highest BCUT2D eigenvalue weighted by Crippen LogP contribution is 2.65. The van der Waals surface area contributed by atoms with Crippen LogP contribution in [0.3, 0.4) is 0 Å². The molecule has 0 radical (unpaired) electrons. The Hall–Kier alpha value is -1.70. The van der Waals surface area contributed by atoms with Gasteiger partial charge in [0.2, 0.25) is 11.8 Å². The predicted molar refractivity (Wildman–Crippen MR) is 108 cm³/mol. The quantitative estimate of drug-likeness (QED) is 0.632. The maximum Gasteiger partial charge on any atom is 0.279 e. The molecule has 0 unspecified atom stereocenters. The molecule has 164 valence electrons. The van der Waals surface area contributed by atoms with Crippen molar-refractivity contribution in [2.45, 2.75) is 59.7 Å². The first-order valence-corrected chi connectivity index (χ1v) is 11.2. The number of nitrogens with zero attached hydrogens (tertiary/aromatic N) is 3. The van der Waals surface area contributed by atoms with Crippen molar-refractivity contribution in [3.8, 4) is 6.07 Å². The van der Waals surface area contributed by atoms with Gasteiger partial charge >= 0.3 is 0 Å². The zero-order valence-corrected chi connectivity index (χ0v) is 19.3. The number of hydrogen-bond donors (Lipinski definition) is 2. The molecule has 29 heavy (non-hydrogen) atoms. The second-order valence-corrected chi connectivity index (χ2v) is 11.9. The van der Waals surface area contributed by atoms with E-state index in [1.807, 2.05) is 6.07 Å². The van der Waals surface area contributed by atoms with Gasteiger partial charge < -0.3 is 10.2 Å². The number of amides is 2. The summed E-state index contributed by atoms with van der Waals surface area (Å²) in [5, 5.41) is 11.7. The molecule has 2 rings (SSSR count). The van der Waals surface area contributed by atoms with Crippen molar-refractivity contribution in [1.29, 1.82) is 5.26 Å². The van der Waals surface area contributed by atoms with Crippen LogP contribution in [0.25, 0.3) is 0 Å². The molecule has 1 saturated heterocycles. The minimum Gasteiger partial charge on any atom is -0.339 e. The van der Waals surface area contributed by atoms with E-state index in [1.165, 1.54) is 19.0 Å². The summed E-state index contributed by atoms with van der Waals surface area (Å²) in [5.74, 6) is -0.627. The van der Waals surface area contributed by atoms with Crippen LogP contribution >= 0.6 is 0 Å². The normalized spacial score (nSPS) is 27.7. The van der Waals surface area contributed by atoms with Gasteiger partial charge in [-0.2, -0.15) is 22.7 Å². The number of nitriles is 1. The van der Waals surface area contributed by atoms with Gasteiger partial charge in [0.05, 0.1) is 6.07 Å². The van der Waals surface area contributed by atoms with Crippen LogP contribution in [0.1, 0.15) is 41.5 Å². The Labute approximate surface area is 174 Å². The third kappa shape index (κ3) is 4.42. The van der Waals surface area contributed by atoms with Gasteiger partial charge in [-0.15, -0.1) is 0 Å². The van der Waals surface area contributed by atoms with Crippen LogP contribution in [0.15, 0.2) is 0 Å². The molecular formula is C19H33N5O4S. The smallest absolute Gasteiger partial charge is 0.279 e. The first kappa shape index (κ1) is 23.6. The maximum atomic E-state index is 13.5. The predicted octanol–water partition coefficient (Wildman–Crippen LogP) is 0.308. The van der Waals surface area contributed by atoms with Crippen LogP contribution in [0.2, 0.25) is 0 Å². The molecule has 1 saturated carbocycles. The first-order chi connectivity index (χ1) is 13.1. The summed E-state index contributed by atoms with van der Waals surface area (Å²) in [6, 6.07) is -0.449. The third-order valence-corrected chi connectivity index (χ3v) is 7.67. The maximum absolute atomic E-state index is 13.5. The van der Waals surface area contributed by atoms with E-state index in [-0.39, 0.29) is 23.2 Å². The van der Waals surface area contributed by atoms with Crippen LogP contribution in [0.5, 0.6) is 0 Å². The zero-order chi connectivity index (χ0) is 22.5. The van der Waals surface area contributed by atoms with E-state index in [4.69, 9.17) is 5.26 Å². The van der Waals surface area contributed by atoms with Gasteiger partial charge in [-0.3, -0.25) is 9.59 Å². The van der Waals surface area contributed by atoms with Gasteiger partial charge in [0.25, 0.3) is 10.2 Å². The van der Waals surface area contributed by atoms with E-state index in [1.54, 1.807) is 27.7 Å². The Bertz CT molecular complexity index is 825. The monoisotopic (exact) mass is 427 g/mol. The number of carbonyl (C=O) groups is 2. The van der Waals surface area contributed by atoms with Crippen molar-refractivity contribution in [3.05, 3.63) is 0 Å². The summed E-state index contributed by atoms with van der Waals surface area (Å²) in [5.41, 5.74) is -0.779. The average Bonchev–Trinajstić information content (AvgIpc) is 2.95. The molecule has 0 aromatic rings. The lowest BCUT2D eigenvalue weighted by Gasteiger charge is -2.37. The SMILES string of the molecule is C[C@@H](C#N)NC(=O)[C@@H]1[C@@H]2[C@H](CN1C(=O)[C@@H](NS(=O)(=O)N(C)C)C(C)(C)C)C2(C)C. The summed E-state index contributed by atoms with van der Waals surface area (Å²) in [7, 11) is -1.07. The molecule has 2 fully saturated rings. The molecule has 1 heterocycles. The molecule has 0 spiro atoms. The van der Waals surface area contributed by atoms with E-state index in [0.717, 1.165) is 4.31 Å². The lowest BCUT2D eigenvalue weighted by atomic mass is 9.86. The van der Waals surface area contributed by atoms with Gasteiger partial charge in [0, 0.05) is 20.6 Å². The van der Waals surface area contributed by atoms with Gasteiger partial charge in [-0.1, -0.05) is 34.6 Å². The minimum absolute atomic E-state index is 0.0107. The Balaban J connectivity index is 2.35. The molecule has 9 nitrogen and oxygen atoms in total. The number of likely N-dealkylation sites (tertiary alicyclic amines) is 1. The van der Waals surface area contributed by atoms with Crippen LogP contribution in [0.4, 0.5) is 0 Å². The van der Waals surface area contributed by atoms with Gasteiger partial charge in [-0.25, -0.2) is 0 Å². The highest BCUT2D eigenvalue weighted by atomic mass is 32.2. The second-order valence-electron chi connectivity index (χ2n) is 9.95. The first-order valence-electron chi connectivity index (χ1n) is 9.76. The van der Waals surface area contributed by atoms with Gasteiger partial charge in [0.15, 0.2) is 0 Å². The van der Waals surface area contributed by atoms with Crippen molar-refractivity contribution < 1.29 is 18.0 Å². The van der Waals surface area contributed by atoms with Crippen molar-refractivity contribution >= 4 is 22.0 Å². The highest BCUT2D eigenvalue weighted by Gasteiger charge is 2.69. The lowest BCUT2D eigenvalue weighted by Crippen LogP contribution is -2.60. The summed E-state index contributed by atoms with van der Waals surface area (Å²) in [6.07, 6.45) is 0. The standard InChI is InChI=1S/C19H33N5O4S/c1-11(9-20)21-16(25)14-13-12(19(13,5)6)10-24(14)17(26)15(18(2,3)4)22-29(27,28)23(7)8/h11-15,22H,10H2,1-8H3,(H,21,25)/t11-,12-,13-,14-,15+/m0/s1. The number of piperidine rings is 1. The molecule has 2 amide bonds. The van der Waals surface area contributed by atoms with E-state index in [2.05, 4.69) is 23.9 Å². The number of fused-ring (bicyclic) bond motifs is 1. The van der Waals surface area contributed by atoms with E-state index in [0.29, 0.717) is 6.54 Å². The van der Waals surface area contributed by atoms with Crippen LogP contribution in [0, 0.1) is 34.0 Å². The Morgan fingerprint density at radius 1 is 1.28 bits per heavy atom. The van der Waals surface area contributed by atoms with Crippen molar-refractivity contribution in [1.82, 2.24) is 19.2 Å². The molecular weight excluding hydrogens is 394 g/mol. The molecule has 0 aromatic heterocycles. The van der Waals surface area contributed by atoms with E-state index < -0.39 is 39.7 Å². The highest BCUT2D eigenvalue weighted by molar-refractivity contribution is 7.87. The molecule has 2 aliphatic rings. The average molecular weight is 428 g/mol. The van der Waals surface area contributed by atoms with Crippen LogP contribution in [-0.2, 0) is 19.8 Å². The van der Waals surface area contributed by atoms with Gasteiger partial charge in [-0.05, 0) is 29.6 Å². The molecule has 0 aromatic carbocycles. The molecule has 1 aliphatic carbocycles. The number of hydrogen-bond acceptors (Lipinski definition) is 5. The topological polar surface area (TPSA) is 123 Å². The van der Waals surface area contributed by atoms with Crippen LogP contribution < -0.4 is 10.0 Å². The fourth-order valence-corrected chi connectivity index (χ4v) is 5.13. The number of carbonyl (C=O) groups excluding carboxylic acids is 2. The number of rotatable bonds is 6. The van der Waals surface area contributed by atoms with E-state index >= 15 is 0 Å². The third-order valence-electron chi connectivity index (χ3n) is 6.17. The molecule has 0 bridgehead atoms. The Kier molecular flexibility index (Phi) is 6.12. The largest absolute Gasteiger partial charge is 0.339 e. The summed E-state index contributed by atoms with van der Waals surface area (Å²) >= 11 is 0. The molecule has 1 aliphatic heterocycles. The minimum atomic E-state index is -3.85. The van der Waals surface area contributed by atoms with Gasteiger partial charge in [0.1, 0.15) is 18.1 Å². The fourth-order valence-electron chi connectivity index (χ4n) is 4.16. The summed E-state index contributed by atoms with van der Waals surface area (Å²) < 4.78 is 28.3. The number of nitrogens with one attached hydrogen (secondary N) is 2. The Morgan fingerprint density at radius 2 is 1.83 bits per heavy atom. The summed E-state index contributed by atoms with van der Waals surface area (Å²) in [6.45, 7) is 11.4. The van der Waals surface area contributed by atoms with Crippen molar-refractivity contribution in [3.63, 3.8) is 0 Å². The zero-order valence-electron chi connectivity index (χ0n) is 18.5. The molecule has 2 N–H and O–H groups in total. The van der Waals surface area contributed by atoms with Crippen molar-refractivity contribution in [2.24, 2.45) is 22.7 Å². The van der Waals surface area contributed by atoms with E-state index in [9.17, 15) is 18.0 Å². The summed E-state index contributed by atoms with van der Waals surface area (Å²) in [4.78, 5) is 27.9. The fraction of sp³-hybridized carbons (Fsp3) is 0.842. The van der Waals surface area contributed by atoms with Crippen molar-refractivity contribution in [2.75, 3.05) is 20.6 Å². The lowest BCUT2D eigenvalue weighted by molar-refractivity contribution is -0.143. The second kappa shape index (κ2) is 7.52.